The lowest BCUT2D eigenvalue weighted by Gasteiger charge is -2.31. The first-order valence-corrected chi connectivity index (χ1v) is 16.6. The second-order valence-corrected chi connectivity index (χ2v) is 12.7. The molecule has 2 fully saturated rings. The zero-order valence-corrected chi connectivity index (χ0v) is 27.4. The number of ketones is 2. The molecule has 0 spiro atoms. The number of benzene rings is 3. The number of aryl methyl sites for hydroxylation is 2. The monoisotopic (exact) mass is 622 g/mol. The number of likely N-dealkylation sites (tertiary alicyclic amines) is 1. The molecular formula is C39H46N2O5. The lowest BCUT2D eigenvalue weighted by molar-refractivity contribution is -0.127. The van der Waals surface area contributed by atoms with E-state index in [1.807, 2.05) is 17.0 Å². The van der Waals surface area contributed by atoms with Crippen LogP contribution >= 0.6 is 0 Å². The van der Waals surface area contributed by atoms with Crippen molar-refractivity contribution in [3.05, 3.63) is 94.0 Å². The minimum Gasteiger partial charge on any atom is -0.497 e. The number of carbonyl (C=O) groups excluding carboxylic acids is 3. The van der Waals surface area contributed by atoms with Gasteiger partial charge in [-0.1, -0.05) is 36.4 Å². The highest BCUT2D eigenvalue weighted by Gasteiger charge is 2.27. The third kappa shape index (κ3) is 7.75. The molecule has 1 N–H and O–H groups in total. The Labute approximate surface area is 272 Å². The van der Waals surface area contributed by atoms with Gasteiger partial charge >= 0.3 is 0 Å². The average Bonchev–Trinajstić information content (AvgIpc) is 3.50. The van der Waals surface area contributed by atoms with Crippen molar-refractivity contribution in [2.24, 2.45) is 0 Å². The Hall–Kier alpha value is -4.26. The van der Waals surface area contributed by atoms with Crippen molar-refractivity contribution in [1.82, 2.24) is 4.90 Å². The molecule has 7 heteroatoms. The minimum atomic E-state index is -0.285. The summed E-state index contributed by atoms with van der Waals surface area (Å²) < 4.78 is 10.8. The van der Waals surface area contributed by atoms with Crippen LogP contribution in [0.1, 0.15) is 113 Å². The van der Waals surface area contributed by atoms with Crippen LogP contribution in [0.5, 0.6) is 11.5 Å². The highest BCUT2D eigenvalue weighted by Crippen LogP contribution is 2.42. The van der Waals surface area contributed by atoms with Crippen LogP contribution in [0.2, 0.25) is 0 Å². The van der Waals surface area contributed by atoms with Crippen LogP contribution in [0.3, 0.4) is 0 Å². The molecule has 0 bridgehead atoms. The number of methoxy groups -OCH3 is 2. The van der Waals surface area contributed by atoms with E-state index >= 15 is 0 Å². The second-order valence-electron chi connectivity index (χ2n) is 12.7. The highest BCUT2D eigenvalue weighted by molar-refractivity contribution is 6.44. The summed E-state index contributed by atoms with van der Waals surface area (Å²) in [5, 5.41) is 8.53. The Morgan fingerprint density at radius 2 is 1.63 bits per heavy atom. The molecule has 1 saturated carbocycles. The van der Waals surface area contributed by atoms with E-state index in [1.165, 1.54) is 16.7 Å². The SMILES string of the molecule is COc1ccc(C(=O)CCc2cc(C(=O)C(=N)CCCN3CCCC3=O)ccc2C2CCC(c3ccccc3C)CC2)c(OC)c1. The molecule has 0 unspecified atom stereocenters. The largest absolute Gasteiger partial charge is 0.497 e. The summed E-state index contributed by atoms with van der Waals surface area (Å²) in [6.07, 6.45) is 7.46. The Balaban J connectivity index is 1.32. The van der Waals surface area contributed by atoms with Crippen LogP contribution in [-0.4, -0.2) is 55.4 Å². The molecule has 0 aromatic heterocycles. The van der Waals surface area contributed by atoms with Gasteiger partial charge in [-0.3, -0.25) is 14.4 Å². The van der Waals surface area contributed by atoms with Gasteiger partial charge in [0.25, 0.3) is 0 Å². The van der Waals surface area contributed by atoms with Crippen molar-refractivity contribution in [1.29, 1.82) is 5.41 Å². The first-order chi connectivity index (χ1) is 22.3. The summed E-state index contributed by atoms with van der Waals surface area (Å²) in [4.78, 5) is 40.6. The molecule has 242 valence electrons. The number of nitrogens with zero attached hydrogens (tertiary/aromatic N) is 1. The Morgan fingerprint density at radius 3 is 2.30 bits per heavy atom. The van der Waals surface area contributed by atoms with Gasteiger partial charge in [0.2, 0.25) is 11.7 Å². The van der Waals surface area contributed by atoms with Gasteiger partial charge < -0.3 is 19.8 Å². The Kier molecular flexibility index (Phi) is 11.1. The van der Waals surface area contributed by atoms with E-state index in [0.717, 1.165) is 44.2 Å². The zero-order chi connectivity index (χ0) is 32.6. The second kappa shape index (κ2) is 15.4. The zero-order valence-electron chi connectivity index (χ0n) is 27.4. The lowest BCUT2D eigenvalue weighted by Crippen LogP contribution is -2.26. The fourth-order valence-corrected chi connectivity index (χ4v) is 7.21. The van der Waals surface area contributed by atoms with E-state index in [2.05, 4.69) is 37.3 Å². The number of hydrogen-bond donors (Lipinski definition) is 1. The fourth-order valence-electron chi connectivity index (χ4n) is 7.21. The molecule has 1 saturated heterocycles. The van der Waals surface area contributed by atoms with Gasteiger partial charge in [-0.05, 0) is 111 Å². The predicted octanol–water partition coefficient (Wildman–Crippen LogP) is 7.87. The quantitative estimate of drug-likeness (QED) is 0.146. The van der Waals surface area contributed by atoms with Gasteiger partial charge in [-0.25, -0.2) is 0 Å². The first-order valence-electron chi connectivity index (χ1n) is 16.6. The molecule has 5 rings (SSSR count). The van der Waals surface area contributed by atoms with Crippen LogP contribution in [0.25, 0.3) is 0 Å². The predicted molar refractivity (Wildman–Crippen MR) is 181 cm³/mol. The number of Topliss-reactive ketones (excluding diaryl/α,β-unsaturated/α-hetero) is 2. The van der Waals surface area contributed by atoms with E-state index in [9.17, 15) is 14.4 Å². The van der Waals surface area contributed by atoms with Gasteiger partial charge in [0, 0.05) is 37.6 Å². The maximum Gasteiger partial charge on any atom is 0.222 e. The summed E-state index contributed by atoms with van der Waals surface area (Å²) in [6, 6.07) is 19.7. The normalized spacial score (nSPS) is 18.0. The van der Waals surface area contributed by atoms with E-state index in [-0.39, 0.29) is 29.6 Å². The van der Waals surface area contributed by atoms with Crippen molar-refractivity contribution in [2.75, 3.05) is 27.3 Å². The molecule has 1 aliphatic heterocycles. The molecule has 46 heavy (non-hydrogen) atoms. The van der Waals surface area contributed by atoms with Crippen LogP contribution in [-0.2, 0) is 11.2 Å². The van der Waals surface area contributed by atoms with Crippen LogP contribution in [0.4, 0.5) is 0 Å². The molecule has 7 nitrogen and oxygen atoms in total. The Morgan fingerprint density at radius 1 is 0.891 bits per heavy atom. The summed E-state index contributed by atoms with van der Waals surface area (Å²) in [6.45, 7) is 3.54. The van der Waals surface area contributed by atoms with Gasteiger partial charge in [-0.15, -0.1) is 0 Å². The van der Waals surface area contributed by atoms with E-state index in [4.69, 9.17) is 14.9 Å². The molecular weight excluding hydrogens is 576 g/mol. The molecule has 3 aromatic carbocycles. The average molecular weight is 623 g/mol. The molecule has 0 atom stereocenters. The molecule has 3 aromatic rings. The summed E-state index contributed by atoms with van der Waals surface area (Å²) in [5.74, 6) is 1.84. The molecule has 2 aliphatic rings. The topological polar surface area (TPSA) is 96.8 Å². The van der Waals surface area contributed by atoms with Crippen LogP contribution in [0.15, 0.2) is 60.7 Å². The van der Waals surface area contributed by atoms with Gasteiger partial charge in [0.15, 0.2) is 5.78 Å². The summed E-state index contributed by atoms with van der Waals surface area (Å²) in [7, 11) is 3.12. The number of hydrogen-bond acceptors (Lipinski definition) is 6. The summed E-state index contributed by atoms with van der Waals surface area (Å²) >= 11 is 0. The number of nitrogens with one attached hydrogen (secondary N) is 1. The highest BCUT2D eigenvalue weighted by atomic mass is 16.5. The minimum absolute atomic E-state index is 0.0327. The summed E-state index contributed by atoms with van der Waals surface area (Å²) in [5.41, 5.74) is 6.04. The van der Waals surface area contributed by atoms with Crippen molar-refractivity contribution < 1.29 is 23.9 Å². The molecule has 1 heterocycles. The standard InChI is InChI=1S/C39H46N2O5/c1-26-8-4-5-9-32(26)27-12-14-28(15-13-27)33-19-16-30(39(44)35(40)10-6-22-41-23-7-11-38(41)43)24-29(33)17-21-36(42)34-20-18-31(45-2)25-37(34)46-3/h4-5,8-9,16,18-20,24-25,27-28,40H,6-7,10-15,17,21-23H2,1-3H3. The lowest BCUT2D eigenvalue weighted by atomic mass is 9.74. The molecule has 1 aliphatic carbocycles. The maximum atomic E-state index is 13.4. The number of ether oxygens (including phenoxy) is 2. The number of rotatable bonds is 14. The van der Waals surface area contributed by atoms with E-state index < -0.39 is 0 Å². The fraction of sp³-hybridized carbons (Fsp3) is 0.436. The van der Waals surface area contributed by atoms with Gasteiger partial charge in [-0.2, -0.15) is 0 Å². The Bertz CT molecular complexity index is 1590. The third-order valence-electron chi connectivity index (χ3n) is 9.83. The van der Waals surface area contributed by atoms with E-state index in [1.54, 1.807) is 32.4 Å². The van der Waals surface area contributed by atoms with Crippen LogP contribution < -0.4 is 9.47 Å². The first kappa shape index (κ1) is 33.1. The smallest absolute Gasteiger partial charge is 0.222 e. The molecule has 0 radical (unpaired) electrons. The number of amides is 1. The van der Waals surface area contributed by atoms with Crippen molar-refractivity contribution >= 4 is 23.2 Å². The third-order valence-corrected chi connectivity index (χ3v) is 9.83. The molecule has 1 amide bonds. The van der Waals surface area contributed by atoms with Crippen molar-refractivity contribution in [3.63, 3.8) is 0 Å². The van der Waals surface area contributed by atoms with Gasteiger partial charge in [0.1, 0.15) is 11.5 Å². The van der Waals surface area contributed by atoms with Crippen molar-refractivity contribution in [3.8, 4) is 11.5 Å². The van der Waals surface area contributed by atoms with Crippen molar-refractivity contribution in [2.45, 2.75) is 83.0 Å². The number of carbonyl (C=O) groups is 3. The van der Waals surface area contributed by atoms with Gasteiger partial charge in [0.05, 0.1) is 25.5 Å². The van der Waals surface area contributed by atoms with Crippen LogP contribution in [0, 0.1) is 12.3 Å². The van der Waals surface area contributed by atoms with E-state index in [0.29, 0.717) is 66.7 Å². The maximum absolute atomic E-state index is 13.4.